The molecule has 1 heterocycles. The topological polar surface area (TPSA) is 44.8 Å². The van der Waals surface area contributed by atoms with Gasteiger partial charge in [0.25, 0.3) is 0 Å². The van der Waals surface area contributed by atoms with Gasteiger partial charge in [-0.2, -0.15) is 0 Å². The summed E-state index contributed by atoms with van der Waals surface area (Å²) in [7, 11) is 3.89. The van der Waals surface area contributed by atoms with Gasteiger partial charge in [-0.3, -0.25) is 4.79 Å². The van der Waals surface area contributed by atoms with Crippen LogP contribution in [0.5, 0.6) is 0 Å². The summed E-state index contributed by atoms with van der Waals surface area (Å²) in [4.78, 5) is 16.4. The van der Waals surface area contributed by atoms with Crippen LogP contribution in [0.2, 0.25) is 0 Å². The molecule has 2 rings (SSSR count). The molecule has 7 heteroatoms. The molecule has 0 aromatic heterocycles. The number of likely N-dealkylation sites (N-methyl/N-ethyl adjacent to an activating group) is 2. The smallest absolute Gasteiger partial charge is 0.242 e. The van der Waals surface area contributed by atoms with Gasteiger partial charge in [0, 0.05) is 39.4 Å². The number of amides is 1. The van der Waals surface area contributed by atoms with Crippen LogP contribution in [0, 0.1) is 0 Å². The van der Waals surface area contributed by atoms with E-state index in [-0.39, 0.29) is 42.9 Å². The summed E-state index contributed by atoms with van der Waals surface area (Å²) < 4.78 is 5.54. The highest BCUT2D eigenvalue weighted by Gasteiger charge is 2.30. The Hall–Kier alpha value is -1.01. The maximum atomic E-state index is 12.4. The number of anilines is 1. The van der Waals surface area contributed by atoms with Crippen molar-refractivity contribution in [2.45, 2.75) is 19.1 Å². The van der Waals surface area contributed by atoms with Crippen LogP contribution in [-0.4, -0.2) is 63.3 Å². The van der Waals surface area contributed by atoms with Gasteiger partial charge in [0.15, 0.2) is 0 Å². The minimum atomic E-state index is -0.231. The lowest BCUT2D eigenvalue weighted by Crippen LogP contribution is -2.56. The fraction of sp³-hybridized carbons (Fsp3) is 0.562. The number of halogens is 2. The highest BCUT2D eigenvalue weighted by atomic mass is 35.5. The number of morpholine rings is 1. The molecule has 0 bridgehead atoms. The lowest BCUT2D eigenvalue weighted by molar-refractivity contribution is -0.138. The Morgan fingerprint density at radius 3 is 2.48 bits per heavy atom. The van der Waals surface area contributed by atoms with Crippen molar-refractivity contribution < 1.29 is 9.53 Å². The first-order valence-electron chi connectivity index (χ1n) is 7.45. The number of para-hydroxylation sites is 1. The highest BCUT2D eigenvalue weighted by Crippen LogP contribution is 2.11. The number of carbonyl (C=O) groups is 1. The molecule has 2 atom stereocenters. The number of hydrogen-bond donors (Lipinski definition) is 1. The molecule has 1 aromatic carbocycles. The van der Waals surface area contributed by atoms with Gasteiger partial charge in [-0.25, -0.2) is 0 Å². The van der Waals surface area contributed by atoms with E-state index >= 15 is 0 Å². The van der Waals surface area contributed by atoms with E-state index in [9.17, 15) is 4.79 Å². The molecule has 5 nitrogen and oxygen atoms in total. The molecule has 1 aromatic rings. The Balaban J connectivity index is 0.00000242. The van der Waals surface area contributed by atoms with Gasteiger partial charge in [-0.1, -0.05) is 18.2 Å². The van der Waals surface area contributed by atoms with Crippen molar-refractivity contribution in [3.05, 3.63) is 30.3 Å². The lowest BCUT2D eigenvalue weighted by Gasteiger charge is -2.33. The predicted octanol–water partition coefficient (Wildman–Crippen LogP) is 1.80. The molecule has 1 aliphatic rings. The largest absolute Gasteiger partial charge is 0.375 e. The lowest BCUT2D eigenvalue weighted by atomic mass is 10.1. The molecular formula is C16H27Cl2N3O2. The number of nitrogens with zero attached hydrogens (tertiary/aromatic N) is 2. The third kappa shape index (κ3) is 6.18. The van der Waals surface area contributed by atoms with Crippen molar-refractivity contribution >= 4 is 36.4 Å². The number of benzene rings is 1. The number of hydrogen-bond acceptors (Lipinski definition) is 4. The van der Waals surface area contributed by atoms with Gasteiger partial charge in [-0.15, -0.1) is 24.8 Å². The number of nitrogens with one attached hydrogen (secondary N) is 1. The van der Waals surface area contributed by atoms with Crippen LogP contribution in [0.25, 0.3) is 0 Å². The molecule has 0 aliphatic carbocycles. The second-order valence-corrected chi connectivity index (χ2v) is 5.52. The molecule has 1 saturated heterocycles. The van der Waals surface area contributed by atoms with Crippen LogP contribution < -0.4 is 10.2 Å². The van der Waals surface area contributed by atoms with Crippen LogP contribution in [0.1, 0.15) is 6.92 Å². The van der Waals surface area contributed by atoms with Crippen LogP contribution in [0.4, 0.5) is 5.69 Å². The highest BCUT2D eigenvalue weighted by molar-refractivity contribution is 5.85. The monoisotopic (exact) mass is 363 g/mol. The number of carbonyl (C=O) groups excluding carboxylic acids is 1. The third-order valence-corrected chi connectivity index (χ3v) is 3.93. The zero-order valence-electron chi connectivity index (χ0n) is 13.9. The molecule has 0 saturated carbocycles. The fourth-order valence-corrected chi connectivity index (χ4v) is 2.47. The molecule has 1 amide bonds. The normalized spacial score (nSPS) is 20.0. The van der Waals surface area contributed by atoms with Crippen molar-refractivity contribution in [3.8, 4) is 0 Å². The van der Waals surface area contributed by atoms with Gasteiger partial charge < -0.3 is 19.9 Å². The maximum absolute atomic E-state index is 12.4. The average Bonchev–Trinajstić information content (AvgIpc) is 2.53. The van der Waals surface area contributed by atoms with Gasteiger partial charge in [0.05, 0.1) is 12.7 Å². The zero-order chi connectivity index (χ0) is 15.2. The van der Waals surface area contributed by atoms with E-state index in [2.05, 4.69) is 22.3 Å². The summed E-state index contributed by atoms with van der Waals surface area (Å²) >= 11 is 0. The van der Waals surface area contributed by atoms with Crippen LogP contribution >= 0.6 is 24.8 Å². The number of rotatable bonds is 5. The summed E-state index contributed by atoms with van der Waals surface area (Å²) in [6.45, 7) is 4.84. The van der Waals surface area contributed by atoms with Crippen molar-refractivity contribution in [1.29, 1.82) is 0 Å². The molecule has 1 aliphatic heterocycles. The van der Waals surface area contributed by atoms with E-state index in [1.165, 1.54) is 0 Å². The van der Waals surface area contributed by atoms with Crippen molar-refractivity contribution in [2.75, 3.05) is 45.2 Å². The van der Waals surface area contributed by atoms with Gasteiger partial charge >= 0.3 is 0 Å². The molecular weight excluding hydrogens is 337 g/mol. The van der Waals surface area contributed by atoms with E-state index in [1.807, 2.05) is 39.2 Å². The summed E-state index contributed by atoms with van der Waals surface area (Å²) in [6.07, 6.45) is -0.0689. The molecule has 23 heavy (non-hydrogen) atoms. The first-order chi connectivity index (χ1) is 10.1. The van der Waals surface area contributed by atoms with Gasteiger partial charge in [0.2, 0.25) is 5.91 Å². The summed E-state index contributed by atoms with van der Waals surface area (Å²) in [5.74, 6) is 0.101. The molecule has 1 N–H and O–H groups in total. The quantitative estimate of drug-likeness (QED) is 0.866. The average molecular weight is 364 g/mol. The Bertz CT molecular complexity index is 462. The molecule has 0 spiro atoms. The van der Waals surface area contributed by atoms with Crippen molar-refractivity contribution in [1.82, 2.24) is 10.2 Å². The first kappa shape index (κ1) is 22.0. The van der Waals surface area contributed by atoms with Gasteiger partial charge in [0.1, 0.15) is 6.04 Å². The van der Waals surface area contributed by atoms with E-state index in [4.69, 9.17) is 4.74 Å². The standard InChI is InChI=1S/C16H25N3O2.2ClH/c1-13-15(17-9-12-21-13)16(20)19(3)11-10-18(2)14-7-5-4-6-8-14;;/h4-8,13,15,17H,9-12H2,1-3H3;2*1H/t13-,15+;;/m1../s1. The van der Waals surface area contributed by atoms with Crippen molar-refractivity contribution in [2.24, 2.45) is 0 Å². The molecule has 132 valence electrons. The van der Waals surface area contributed by atoms with Crippen LogP contribution in [0.15, 0.2) is 30.3 Å². The Labute approximate surface area is 151 Å². The van der Waals surface area contributed by atoms with E-state index in [1.54, 1.807) is 4.90 Å². The second-order valence-electron chi connectivity index (χ2n) is 5.52. The summed E-state index contributed by atoms with van der Waals surface area (Å²) in [5.41, 5.74) is 1.16. The van der Waals surface area contributed by atoms with Crippen LogP contribution in [-0.2, 0) is 9.53 Å². The van der Waals surface area contributed by atoms with E-state index in [0.29, 0.717) is 13.2 Å². The maximum Gasteiger partial charge on any atom is 0.242 e. The van der Waals surface area contributed by atoms with Crippen LogP contribution in [0.3, 0.4) is 0 Å². The molecule has 0 unspecified atom stereocenters. The van der Waals surface area contributed by atoms with E-state index < -0.39 is 0 Å². The Morgan fingerprint density at radius 1 is 1.22 bits per heavy atom. The third-order valence-electron chi connectivity index (χ3n) is 3.93. The zero-order valence-corrected chi connectivity index (χ0v) is 15.5. The Kier molecular flexibility index (Phi) is 10.2. The van der Waals surface area contributed by atoms with Gasteiger partial charge in [-0.05, 0) is 19.1 Å². The summed E-state index contributed by atoms with van der Waals surface area (Å²) in [5, 5.41) is 3.24. The Morgan fingerprint density at radius 2 is 1.87 bits per heavy atom. The first-order valence-corrected chi connectivity index (χ1v) is 7.45. The minimum absolute atomic E-state index is 0. The SMILES string of the molecule is C[C@H]1OCCN[C@@H]1C(=O)N(C)CCN(C)c1ccccc1.Cl.Cl. The van der Waals surface area contributed by atoms with E-state index in [0.717, 1.165) is 18.8 Å². The predicted molar refractivity (Wildman–Crippen MR) is 99.0 cm³/mol. The van der Waals surface area contributed by atoms with Crippen molar-refractivity contribution in [3.63, 3.8) is 0 Å². The molecule has 1 fully saturated rings. The summed E-state index contributed by atoms with van der Waals surface area (Å²) in [6, 6.07) is 9.95. The minimum Gasteiger partial charge on any atom is -0.375 e. The second kappa shape index (κ2) is 10.7. The number of ether oxygens (including phenoxy) is 1. The fourth-order valence-electron chi connectivity index (χ4n) is 2.47. The molecule has 0 radical (unpaired) electrons.